The van der Waals surface area contributed by atoms with Gasteiger partial charge in [0.1, 0.15) is 23.4 Å². The van der Waals surface area contributed by atoms with Crippen LogP contribution in [-0.4, -0.2) is 42.1 Å². The number of hydrogen-bond donors (Lipinski definition) is 1. The molecule has 0 amide bonds. The number of aromatic nitrogens is 2. The lowest BCUT2D eigenvalue weighted by Crippen LogP contribution is -2.44. The minimum Gasteiger partial charge on any atom is -0.483 e. The van der Waals surface area contributed by atoms with Crippen molar-refractivity contribution in [1.82, 2.24) is 15.1 Å². The molecule has 1 N–H and O–H groups in total. The summed E-state index contributed by atoms with van der Waals surface area (Å²) in [6, 6.07) is 11.2. The van der Waals surface area contributed by atoms with Crippen LogP contribution in [0.1, 0.15) is 30.4 Å². The van der Waals surface area contributed by atoms with Crippen LogP contribution >= 0.6 is 0 Å². The predicted octanol–water partition coefficient (Wildman–Crippen LogP) is 3.42. The van der Waals surface area contributed by atoms with E-state index < -0.39 is 17.2 Å². The van der Waals surface area contributed by atoms with E-state index in [9.17, 15) is 13.6 Å². The molecule has 0 saturated carbocycles. The smallest absolute Gasteiger partial charge is 0.316 e. The number of fused-ring (bicyclic) bond motifs is 1. The van der Waals surface area contributed by atoms with Gasteiger partial charge in [0, 0.05) is 38.7 Å². The average Bonchev–Trinajstić information content (AvgIpc) is 2.80. The van der Waals surface area contributed by atoms with Crippen molar-refractivity contribution in [3.05, 3.63) is 81.8 Å². The second kappa shape index (κ2) is 8.94. The Balaban J connectivity index is 1.55. The Morgan fingerprint density at radius 1 is 1.09 bits per heavy atom. The van der Waals surface area contributed by atoms with Crippen LogP contribution in [0.25, 0.3) is 5.69 Å². The van der Waals surface area contributed by atoms with Gasteiger partial charge >= 0.3 is 5.56 Å². The summed E-state index contributed by atoms with van der Waals surface area (Å²) in [5, 5.41) is 7.54. The molecule has 1 fully saturated rings. The lowest BCUT2D eigenvalue weighted by atomic mass is 9.82. The highest BCUT2D eigenvalue weighted by Crippen LogP contribution is 2.34. The lowest BCUT2D eigenvalue weighted by molar-refractivity contribution is 0.171. The maximum Gasteiger partial charge on any atom is 0.316 e. The third kappa shape index (κ3) is 4.35. The largest absolute Gasteiger partial charge is 0.483 e. The Morgan fingerprint density at radius 2 is 1.82 bits per heavy atom. The first-order valence-electron chi connectivity index (χ1n) is 11.3. The van der Waals surface area contributed by atoms with Crippen LogP contribution in [0.2, 0.25) is 0 Å². The summed E-state index contributed by atoms with van der Waals surface area (Å²) in [6.45, 7) is 5.14. The Morgan fingerprint density at radius 3 is 2.58 bits per heavy atom. The van der Waals surface area contributed by atoms with Crippen molar-refractivity contribution in [2.45, 2.75) is 31.8 Å². The molecule has 1 saturated heterocycles. The Labute approximate surface area is 190 Å². The molecule has 2 unspecified atom stereocenters. The van der Waals surface area contributed by atoms with Crippen molar-refractivity contribution < 1.29 is 13.5 Å². The summed E-state index contributed by atoms with van der Waals surface area (Å²) < 4.78 is 35.1. The van der Waals surface area contributed by atoms with Crippen molar-refractivity contribution in [3.8, 4) is 11.4 Å². The van der Waals surface area contributed by atoms with Gasteiger partial charge in [0.15, 0.2) is 0 Å². The highest BCUT2D eigenvalue weighted by molar-refractivity contribution is 5.57. The maximum atomic E-state index is 13.8. The molecule has 0 bridgehead atoms. The van der Waals surface area contributed by atoms with E-state index in [4.69, 9.17) is 4.74 Å². The summed E-state index contributed by atoms with van der Waals surface area (Å²) in [5.74, 6) is -1.08. The first kappa shape index (κ1) is 21.6. The van der Waals surface area contributed by atoms with E-state index in [0.29, 0.717) is 31.1 Å². The van der Waals surface area contributed by atoms with Crippen LogP contribution in [0.5, 0.6) is 5.75 Å². The fourth-order valence-electron chi connectivity index (χ4n) is 4.82. The molecule has 6 nitrogen and oxygen atoms in total. The van der Waals surface area contributed by atoms with Gasteiger partial charge in [-0.1, -0.05) is 31.2 Å². The fourth-order valence-corrected chi connectivity index (χ4v) is 4.82. The molecule has 2 heterocycles. The van der Waals surface area contributed by atoms with Crippen molar-refractivity contribution in [2.24, 2.45) is 0 Å². The van der Waals surface area contributed by atoms with E-state index in [0.717, 1.165) is 42.4 Å². The van der Waals surface area contributed by atoms with Crippen LogP contribution in [0.4, 0.5) is 14.5 Å². The molecular weight excluding hydrogens is 426 g/mol. The number of piperazine rings is 1. The molecule has 3 aromatic rings. The van der Waals surface area contributed by atoms with E-state index in [1.807, 2.05) is 12.1 Å². The standard InChI is InChI=1S/C25H26F2N4O2/c1-16-10-21(11-17-4-2-3-5-22(16)17)33-24-23(30-8-6-28-7-9-30)15-29-31(25(24)32)20-13-18(26)12-19(27)14-20/h2-5,12-16,21,28H,6-11H2,1H3. The zero-order valence-corrected chi connectivity index (χ0v) is 18.4. The van der Waals surface area contributed by atoms with Crippen molar-refractivity contribution in [2.75, 3.05) is 31.1 Å². The predicted molar refractivity (Wildman–Crippen MR) is 122 cm³/mol. The fraction of sp³-hybridized carbons (Fsp3) is 0.360. The third-order valence-electron chi connectivity index (χ3n) is 6.40. The minimum atomic E-state index is -0.773. The van der Waals surface area contributed by atoms with Gasteiger partial charge in [-0.2, -0.15) is 9.78 Å². The van der Waals surface area contributed by atoms with Gasteiger partial charge in [-0.15, -0.1) is 0 Å². The van der Waals surface area contributed by atoms with E-state index in [1.165, 1.54) is 11.1 Å². The van der Waals surface area contributed by atoms with Gasteiger partial charge < -0.3 is 15.0 Å². The van der Waals surface area contributed by atoms with Crippen molar-refractivity contribution in [1.29, 1.82) is 0 Å². The van der Waals surface area contributed by atoms with Gasteiger partial charge in [0.2, 0.25) is 5.75 Å². The van der Waals surface area contributed by atoms with Gasteiger partial charge in [-0.25, -0.2) is 8.78 Å². The molecule has 2 aliphatic rings. The quantitative estimate of drug-likeness (QED) is 0.658. The van der Waals surface area contributed by atoms with E-state index in [-0.39, 0.29) is 17.5 Å². The summed E-state index contributed by atoms with van der Waals surface area (Å²) >= 11 is 0. The topological polar surface area (TPSA) is 59.4 Å². The molecule has 33 heavy (non-hydrogen) atoms. The summed E-state index contributed by atoms with van der Waals surface area (Å²) in [7, 11) is 0. The Kier molecular flexibility index (Phi) is 5.85. The molecule has 172 valence electrons. The lowest BCUT2D eigenvalue weighted by Gasteiger charge is -2.33. The van der Waals surface area contributed by atoms with Gasteiger partial charge in [0.25, 0.3) is 0 Å². The number of benzene rings is 2. The Hall–Kier alpha value is -3.26. The number of ether oxygens (including phenoxy) is 1. The molecular formula is C25H26F2N4O2. The van der Waals surface area contributed by atoms with Gasteiger partial charge in [-0.3, -0.25) is 4.79 Å². The van der Waals surface area contributed by atoms with Crippen LogP contribution in [-0.2, 0) is 6.42 Å². The minimum absolute atomic E-state index is 0.0246. The summed E-state index contributed by atoms with van der Waals surface area (Å²) in [4.78, 5) is 15.6. The van der Waals surface area contributed by atoms with E-state index >= 15 is 0 Å². The van der Waals surface area contributed by atoms with Crippen molar-refractivity contribution >= 4 is 5.69 Å². The molecule has 8 heteroatoms. The second-order valence-corrected chi connectivity index (χ2v) is 8.72. The van der Waals surface area contributed by atoms with Gasteiger partial charge in [0.05, 0.1) is 11.9 Å². The molecule has 0 radical (unpaired) electrons. The number of nitrogens with one attached hydrogen (secondary N) is 1. The van der Waals surface area contributed by atoms with Crippen LogP contribution in [0.15, 0.2) is 53.5 Å². The van der Waals surface area contributed by atoms with Gasteiger partial charge in [-0.05, 0) is 35.6 Å². The van der Waals surface area contributed by atoms with Crippen LogP contribution in [0.3, 0.4) is 0 Å². The first-order valence-corrected chi connectivity index (χ1v) is 11.3. The summed E-state index contributed by atoms with van der Waals surface area (Å²) in [6.07, 6.45) is 2.83. The molecule has 1 aliphatic carbocycles. The zero-order valence-electron chi connectivity index (χ0n) is 18.4. The monoisotopic (exact) mass is 452 g/mol. The molecule has 0 spiro atoms. The zero-order chi connectivity index (χ0) is 22.9. The molecule has 2 aromatic carbocycles. The highest BCUT2D eigenvalue weighted by Gasteiger charge is 2.29. The number of anilines is 1. The van der Waals surface area contributed by atoms with Crippen LogP contribution in [0, 0.1) is 11.6 Å². The van der Waals surface area contributed by atoms with E-state index in [1.54, 1.807) is 6.20 Å². The molecule has 2 atom stereocenters. The maximum absolute atomic E-state index is 13.8. The Bertz CT molecular complexity index is 1200. The first-order chi connectivity index (χ1) is 16.0. The highest BCUT2D eigenvalue weighted by atomic mass is 19.1. The summed E-state index contributed by atoms with van der Waals surface area (Å²) in [5.41, 5.74) is 2.63. The number of hydrogen-bond acceptors (Lipinski definition) is 5. The molecule has 5 rings (SSSR count). The molecule has 1 aliphatic heterocycles. The van der Waals surface area contributed by atoms with Crippen LogP contribution < -0.4 is 20.5 Å². The number of nitrogens with zero attached hydrogens (tertiary/aromatic N) is 3. The average molecular weight is 453 g/mol. The van der Waals surface area contributed by atoms with E-state index in [2.05, 4.69) is 34.4 Å². The van der Waals surface area contributed by atoms with Crippen molar-refractivity contribution in [3.63, 3.8) is 0 Å². The third-order valence-corrected chi connectivity index (χ3v) is 6.40. The second-order valence-electron chi connectivity index (χ2n) is 8.72. The SMILES string of the molecule is CC1CC(Oc2c(N3CCNCC3)cnn(-c3cc(F)cc(F)c3)c2=O)Cc2ccccc21. The number of halogens is 2. The molecule has 1 aromatic heterocycles. The normalized spacial score (nSPS) is 20.4. The number of rotatable bonds is 4.